The van der Waals surface area contributed by atoms with Crippen LogP contribution in [0.25, 0.3) is 0 Å². The summed E-state index contributed by atoms with van der Waals surface area (Å²) in [6.07, 6.45) is 1.47. The van der Waals surface area contributed by atoms with Crippen molar-refractivity contribution in [2.45, 2.75) is 39.7 Å². The number of hydrogen-bond acceptors (Lipinski definition) is 3. The number of rotatable bonds is 6. The van der Waals surface area contributed by atoms with E-state index in [-0.39, 0.29) is 0 Å². The third-order valence-corrected chi connectivity index (χ3v) is 3.70. The highest BCUT2D eigenvalue weighted by Crippen LogP contribution is 2.35. The molecule has 1 aliphatic heterocycles. The third-order valence-electron chi connectivity index (χ3n) is 3.70. The Hall–Kier alpha value is -0.610. The second-order valence-electron chi connectivity index (χ2n) is 4.67. The molecule has 4 nitrogen and oxygen atoms in total. The predicted molar refractivity (Wildman–Crippen MR) is 62.5 cm³/mol. The molecule has 0 spiro atoms. The first-order chi connectivity index (χ1) is 7.55. The highest BCUT2D eigenvalue weighted by atomic mass is 16.5. The zero-order valence-electron chi connectivity index (χ0n) is 10.5. The second-order valence-corrected chi connectivity index (χ2v) is 4.67. The van der Waals surface area contributed by atoms with Crippen molar-refractivity contribution in [1.82, 2.24) is 4.90 Å². The summed E-state index contributed by atoms with van der Waals surface area (Å²) in [6.45, 7) is 8.98. The van der Waals surface area contributed by atoms with E-state index in [2.05, 4.69) is 11.8 Å². The number of carboxylic acids is 1. The molecule has 16 heavy (non-hydrogen) atoms. The normalized spacial score (nSPS) is 28.2. The molecule has 1 saturated heterocycles. The van der Waals surface area contributed by atoms with Gasteiger partial charge in [-0.1, -0.05) is 6.92 Å². The first-order valence-corrected chi connectivity index (χ1v) is 6.11. The fourth-order valence-electron chi connectivity index (χ4n) is 2.29. The Morgan fingerprint density at radius 2 is 2.25 bits per heavy atom. The van der Waals surface area contributed by atoms with Crippen LogP contribution in [0.1, 0.15) is 33.6 Å². The van der Waals surface area contributed by atoms with Crippen molar-refractivity contribution in [1.29, 1.82) is 0 Å². The van der Waals surface area contributed by atoms with Crippen LogP contribution in [-0.4, -0.2) is 48.3 Å². The molecule has 0 aromatic rings. The van der Waals surface area contributed by atoms with Crippen LogP contribution in [0.5, 0.6) is 0 Å². The van der Waals surface area contributed by atoms with Gasteiger partial charge in [-0.3, -0.25) is 9.69 Å². The van der Waals surface area contributed by atoms with E-state index < -0.39 is 11.4 Å². The van der Waals surface area contributed by atoms with E-state index in [4.69, 9.17) is 4.74 Å². The van der Waals surface area contributed by atoms with Crippen molar-refractivity contribution in [3.63, 3.8) is 0 Å². The maximum absolute atomic E-state index is 11.3. The van der Waals surface area contributed by atoms with Gasteiger partial charge in [-0.05, 0) is 33.2 Å². The number of aliphatic carboxylic acids is 1. The van der Waals surface area contributed by atoms with Crippen LogP contribution in [0.4, 0.5) is 0 Å². The van der Waals surface area contributed by atoms with Gasteiger partial charge in [0, 0.05) is 19.2 Å². The smallest absolute Gasteiger partial charge is 0.310 e. The van der Waals surface area contributed by atoms with Crippen LogP contribution in [0.3, 0.4) is 0 Å². The van der Waals surface area contributed by atoms with Crippen LogP contribution < -0.4 is 0 Å². The Balaban J connectivity index is 2.53. The molecule has 4 heteroatoms. The molecule has 1 aliphatic rings. The molecule has 1 rings (SSSR count). The number of carbonyl (C=O) groups is 1. The Kier molecular flexibility index (Phi) is 4.74. The lowest BCUT2D eigenvalue weighted by molar-refractivity contribution is -0.148. The largest absolute Gasteiger partial charge is 0.481 e. The van der Waals surface area contributed by atoms with E-state index in [1.165, 1.54) is 0 Å². The summed E-state index contributed by atoms with van der Waals surface area (Å²) in [5.74, 6) is -0.652. The van der Waals surface area contributed by atoms with Crippen molar-refractivity contribution in [3.8, 4) is 0 Å². The average molecular weight is 229 g/mol. The topological polar surface area (TPSA) is 49.8 Å². The number of likely N-dealkylation sites (tertiary alicyclic amines) is 1. The predicted octanol–water partition coefficient (Wildman–Crippen LogP) is 1.60. The fraction of sp³-hybridized carbons (Fsp3) is 0.917. The van der Waals surface area contributed by atoms with E-state index in [1.807, 2.05) is 13.8 Å². The van der Waals surface area contributed by atoms with Crippen LogP contribution in [0.15, 0.2) is 0 Å². The summed E-state index contributed by atoms with van der Waals surface area (Å²) >= 11 is 0. The molecule has 0 aliphatic carbocycles. The molecule has 0 radical (unpaired) electrons. The summed E-state index contributed by atoms with van der Waals surface area (Å²) in [7, 11) is 0. The molecular weight excluding hydrogens is 206 g/mol. The fourth-order valence-corrected chi connectivity index (χ4v) is 2.29. The first kappa shape index (κ1) is 13.5. The maximum atomic E-state index is 11.3. The van der Waals surface area contributed by atoms with Crippen molar-refractivity contribution in [2.24, 2.45) is 5.41 Å². The van der Waals surface area contributed by atoms with E-state index in [9.17, 15) is 9.90 Å². The Morgan fingerprint density at radius 3 is 2.69 bits per heavy atom. The molecule has 1 N–H and O–H groups in total. The van der Waals surface area contributed by atoms with Gasteiger partial charge in [-0.2, -0.15) is 0 Å². The number of nitrogens with zero attached hydrogens (tertiary/aromatic N) is 1. The highest BCUT2D eigenvalue weighted by molar-refractivity contribution is 5.75. The molecule has 0 bridgehead atoms. The first-order valence-electron chi connectivity index (χ1n) is 6.11. The quantitative estimate of drug-likeness (QED) is 0.751. The van der Waals surface area contributed by atoms with Crippen LogP contribution >= 0.6 is 0 Å². The van der Waals surface area contributed by atoms with Gasteiger partial charge in [-0.25, -0.2) is 0 Å². The monoisotopic (exact) mass is 229 g/mol. The standard InChI is InChI=1S/C12H23NO3/c1-4-12(11(14)15)6-7-13(9-12)10(3)8-16-5-2/h10H,4-9H2,1-3H3,(H,14,15). The van der Waals surface area contributed by atoms with E-state index >= 15 is 0 Å². The van der Waals surface area contributed by atoms with Crippen molar-refractivity contribution >= 4 is 5.97 Å². The van der Waals surface area contributed by atoms with Crippen LogP contribution in [0, 0.1) is 5.41 Å². The lowest BCUT2D eigenvalue weighted by atomic mass is 9.84. The van der Waals surface area contributed by atoms with Gasteiger partial charge in [0.25, 0.3) is 0 Å². The van der Waals surface area contributed by atoms with Gasteiger partial charge < -0.3 is 9.84 Å². The minimum atomic E-state index is -0.652. The van der Waals surface area contributed by atoms with E-state index in [1.54, 1.807) is 0 Å². The van der Waals surface area contributed by atoms with Crippen LogP contribution in [0.2, 0.25) is 0 Å². The molecular formula is C12H23NO3. The van der Waals surface area contributed by atoms with Gasteiger partial charge in [0.05, 0.1) is 12.0 Å². The highest BCUT2D eigenvalue weighted by Gasteiger charge is 2.44. The number of hydrogen-bond donors (Lipinski definition) is 1. The molecule has 2 unspecified atom stereocenters. The number of carboxylic acid groups (broad SMARTS) is 1. The summed E-state index contributed by atoms with van der Waals surface area (Å²) in [4.78, 5) is 13.5. The summed E-state index contributed by atoms with van der Waals surface area (Å²) in [5.41, 5.74) is -0.527. The van der Waals surface area contributed by atoms with Gasteiger partial charge in [0.15, 0.2) is 0 Å². The molecule has 1 heterocycles. The van der Waals surface area contributed by atoms with Gasteiger partial charge in [0.2, 0.25) is 0 Å². The molecule has 2 atom stereocenters. The molecule has 0 aromatic carbocycles. The SMILES string of the molecule is CCOCC(C)N1CCC(CC)(C(=O)O)C1. The van der Waals surface area contributed by atoms with Crippen molar-refractivity contribution < 1.29 is 14.6 Å². The summed E-state index contributed by atoms with van der Waals surface area (Å²) in [6, 6.07) is 0.313. The minimum absolute atomic E-state index is 0.313. The number of ether oxygens (including phenoxy) is 1. The van der Waals surface area contributed by atoms with E-state index in [0.29, 0.717) is 25.6 Å². The van der Waals surface area contributed by atoms with Crippen molar-refractivity contribution in [2.75, 3.05) is 26.3 Å². The lowest BCUT2D eigenvalue weighted by Gasteiger charge is -2.27. The van der Waals surface area contributed by atoms with Crippen molar-refractivity contribution in [3.05, 3.63) is 0 Å². The van der Waals surface area contributed by atoms with E-state index in [0.717, 1.165) is 19.6 Å². The Bertz CT molecular complexity index is 244. The average Bonchev–Trinajstić information content (AvgIpc) is 2.71. The summed E-state index contributed by atoms with van der Waals surface area (Å²) in [5, 5.41) is 9.28. The Morgan fingerprint density at radius 1 is 1.56 bits per heavy atom. The van der Waals surface area contributed by atoms with Gasteiger partial charge in [0.1, 0.15) is 0 Å². The molecule has 94 valence electrons. The third kappa shape index (κ3) is 2.74. The Labute approximate surface area is 97.6 Å². The van der Waals surface area contributed by atoms with Gasteiger partial charge in [-0.15, -0.1) is 0 Å². The zero-order chi connectivity index (χ0) is 12.2. The lowest BCUT2D eigenvalue weighted by Crippen LogP contribution is -2.39. The van der Waals surface area contributed by atoms with Gasteiger partial charge >= 0.3 is 5.97 Å². The van der Waals surface area contributed by atoms with Crippen LogP contribution in [-0.2, 0) is 9.53 Å². The maximum Gasteiger partial charge on any atom is 0.310 e. The molecule has 0 saturated carbocycles. The molecule has 0 aromatic heterocycles. The minimum Gasteiger partial charge on any atom is -0.481 e. The second kappa shape index (κ2) is 5.64. The molecule has 1 fully saturated rings. The summed E-state index contributed by atoms with van der Waals surface area (Å²) < 4.78 is 5.38. The zero-order valence-corrected chi connectivity index (χ0v) is 10.5. The molecule has 0 amide bonds.